The molecule has 0 amide bonds. The van der Waals surface area contributed by atoms with Crippen molar-refractivity contribution in [3.8, 4) is 0 Å². The molecule has 0 aliphatic carbocycles. The number of nitrogens with one attached hydrogen (secondary N) is 1. The molecule has 0 atom stereocenters. The van der Waals surface area contributed by atoms with Crippen molar-refractivity contribution in [2.24, 2.45) is 10.3 Å². The second kappa shape index (κ2) is 6.78. The largest absolute Gasteiger partial charge is 0.394 e. The smallest absolute Gasteiger partial charge is 0.297 e. The summed E-state index contributed by atoms with van der Waals surface area (Å²) in [5.41, 5.74) is 2.15. The lowest BCUT2D eigenvalue weighted by Crippen LogP contribution is -2.06. The van der Waals surface area contributed by atoms with Crippen LogP contribution in [0.15, 0.2) is 50.5 Å². The highest BCUT2D eigenvalue weighted by Crippen LogP contribution is 2.33. The first-order valence-corrected chi connectivity index (χ1v) is 9.28. The first kappa shape index (κ1) is 18.2. The number of hydrogen-bond donors (Lipinski definition) is 4. The van der Waals surface area contributed by atoms with Crippen LogP contribution in [0.3, 0.4) is 0 Å². The Morgan fingerprint density at radius 3 is 2.25 bits per heavy atom. The fraction of sp³-hybridized carbons (Fsp3) is 0.167. The summed E-state index contributed by atoms with van der Waals surface area (Å²) < 4.78 is 64.9. The quantitative estimate of drug-likeness (QED) is 0.331. The van der Waals surface area contributed by atoms with E-state index in [1.54, 1.807) is 0 Å². The molecule has 0 saturated heterocycles. The highest BCUT2D eigenvalue weighted by molar-refractivity contribution is 7.86. The van der Waals surface area contributed by atoms with Crippen LogP contribution in [-0.4, -0.2) is 44.2 Å². The lowest BCUT2D eigenvalue weighted by atomic mass is 10.1. The highest BCUT2D eigenvalue weighted by Gasteiger charge is 2.23. The minimum absolute atomic E-state index is 0.0192. The number of benzene rings is 2. The third kappa shape index (κ3) is 3.85. The van der Waals surface area contributed by atoms with Gasteiger partial charge in [0.15, 0.2) is 0 Å². The Balaban J connectivity index is 2.75. The lowest BCUT2D eigenvalue weighted by molar-refractivity contribution is 0.304. The van der Waals surface area contributed by atoms with Crippen molar-refractivity contribution in [1.82, 2.24) is 0 Å². The van der Waals surface area contributed by atoms with E-state index in [2.05, 4.69) is 15.8 Å². The fourth-order valence-electron chi connectivity index (χ4n) is 2.08. The fourth-order valence-corrected chi connectivity index (χ4v) is 3.63. The number of anilines is 1. The van der Waals surface area contributed by atoms with E-state index in [0.717, 1.165) is 12.1 Å². The topological polar surface area (TPSA) is 166 Å². The average molecular weight is 375 g/mol. The summed E-state index contributed by atoms with van der Waals surface area (Å²) in [4.78, 5) is -1.12. The van der Waals surface area contributed by atoms with Gasteiger partial charge in [-0.05, 0) is 12.1 Å². The van der Waals surface area contributed by atoms with Crippen LogP contribution in [0.4, 0.5) is 5.69 Å². The molecule has 0 aliphatic heterocycles. The van der Waals surface area contributed by atoms with Gasteiger partial charge in [-0.1, -0.05) is 23.4 Å². The first-order valence-electron chi connectivity index (χ1n) is 6.40. The van der Waals surface area contributed by atoms with Gasteiger partial charge in [-0.15, -0.1) is 0 Å². The normalized spacial score (nSPS) is 12.8. The van der Waals surface area contributed by atoms with Gasteiger partial charge in [-0.2, -0.15) is 21.9 Å². The second-order valence-electron chi connectivity index (χ2n) is 4.54. The molecule has 4 N–H and O–H groups in total. The second-order valence-corrected chi connectivity index (χ2v) is 7.29. The molecule has 0 unspecified atom stereocenters. The summed E-state index contributed by atoms with van der Waals surface area (Å²) in [6, 6.07) is 5.99. The Morgan fingerprint density at radius 2 is 1.67 bits per heavy atom. The van der Waals surface area contributed by atoms with E-state index in [0.29, 0.717) is 0 Å². The maximum atomic E-state index is 11.7. The van der Waals surface area contributed by atoms with Crippen molar-refractivity contribution in [2.75, 3.05) is 18.6 Å². The van der Waals surface area contributed by atoms with Crippen molar-refractivity contribution in [3.63, 3.8) is 0 Å². The summed E-state index contributed by atoms with van der Waals surface area (Å²) in [6.45, 7) is -0.277. The van der Waals surface area contributed by atoms with Crippen molar-refractivity contribution in [3.05, 3.63) is 30.3 Å². The molecule has 24 heavy (non-hydrogen) atoms. The van der Waals surface area contributed by atoms with Gasteiger partial charge in [0.25, 0.3) is 20.2 Å². The van der Waals surface area contributed by atoms with Gasteiger partial charge in [0.1, 0.15) is 9.79 Å². The standard InChI is InChI=1S/C12H13N3O7S2/c16-7-6-13-15-14-10-5-4-8-9(12(10)24(20,21)22)2-1-3-11(8)23(17,18)19/h1-5,16H,6-7H2,(H,13,14)(H,17,18,19)(H,20,21,22). The zero-order valence-electron chi connectivity index (χ0n) is 12.0. The molecular formula is C12H13N3O7S2. The Morgan fingerprint density at radius 1 is 0.958 bits per heavy atom. The summed E-state index contributed by atoms with van der Waals surface area (Å²) in [5.74, 6) is 0. The summed E-state index contributed by atoms with van der Waals surface area (Å²) in [7, 11) is -9.35. The molecule has 10 nitrogen and oxygen atoms in total. The molecule has 2 aromatic carbocycles. The SMILES string of the molecule is O=S(=O)(O)c1cccc2c(S(=O)(=O)O)c(NN=NCCO)ccc12. The molecule has 0 aromatic heterocycles. The van der Waals surface area contributed by atoms with Crippen LogP contribution in [0.1, 0.15) is 0 Å². The number of aliphatic hydroxyl groups is 1. The van der Waals surface area contributed by atoms with Gasteiger partial charge in [0.2, 0.25) is 0 Å². The zero-order valence-corrected chi connectivity index (χ0v) is 13.6. The van der Waals surface area contributed by atoms with Crippen LogP contribution in [0.5, 0.6) is 0 Å². The minimum atomic E-state index is -4.76. The third-order valence-corrected chi connectivity index (χ3v) is 4.82. The van der Waals surface area contributed by atoms with Crippen LogP contribution in [0, 0.1) is 0 Å². The van der Waals surface area contributed by atoms with E-state index < -0.39 is 30.0 Å². The van der Waals surface area contributed by atoms with Gasteiger partial charge in [0, 0.05) is 10.8 Å². The maximum Gasteiger partial charge on any atom is 0.297 e. The molecule has 0 heterocycles. The number of hydrogen-bond acceptors (Lipinski definition) is 7. The number of nitrogens with zero attached hydrogens (tertiary/aromatic N) is 2. The molecule has 2 rings (SSSR count). The predicted octanol–water partition coefficient (Wildman–Crippen LogP) is 1.10. The Hall–Kier alpha value is -2.12. The maximum absolute atomic E-state index is 11.7. The molecule has 2 aromatic rings. The third-order valence-electron chi connectivity index (χ3n) is 2.95. The molecule has 0 bridgehead atoms. The monoisotopic (exact) mass is 375 g/mol. The molecule has 0 saturated carbocycles. The summed E-state index contributed by atoms with van der Waals surface area (Å²) in [6.07, 6.45) is 0. The Bertz CT molecular complexity index is 1000. The number of fused-ring (bicyclic) bond motifs is 1. The van der Waals surface area contributed by atoms with Crippen molar-refractivity contribution in [2.45, 2.75) is 9.79 Å². The molecule has 130 valence electrons. The van der Waals surface area contributed by atoms with Crippen LogP contribution in [0.2, 0.25) is 0 Å². The molecule has 0 fully saturated rings. The van der Waals surface area contributed by atoms with Gasteiger partial charge in [-0.3, -0.25) is 14.5 Å². The van der Waals surface area contributed by atoms with E-state index >= 15 is 0 Å². The molecule has 0 radical (unpaired) electrons. The van der Waals surface area contributed by atoms with Crippen LogP contribution >= 0.6 is 0 Å². The van der Waals surface area contributed by atoms with Crippen LogP contribution < -0.4 is 5.43 Å². The van der Waals surface area contributed by atoms with Gasteiger partial charge >= 0.3 is 0 Å². The average Bonchev–Trinajstić information content (AvgIpc) is 2.48. The van der Waals surface area contributed by atoms with Crippen molar-refractivity contribution >= 4 is 36.7 Å². The molecular weight excluding hydrogens is 362 g/mol. The first-order chi connectivity index (χ1) is 11.2. The van der Waals surface area contributed by atoms with Gasteiger partial charge < -0.3 is 5.11 Å². The summed E-state index contributed by atoms with van der Waals surface area (Å²) in [5, 5.41) is 15.3. The number of aliphatic hydroxyl groups excluding tert-OH is 1. The Labute approximate surface area is 137 Å². The number of rotatable bonds is 6. The predicted molar refractivity (Wildman–Crippen MR) is 84.0 cm³/mol. The van der Waals surface area contributed by atoms with Gasteiger partial charge in [-0.25, -0.2) is 0 Å². The van der Waals surface area contributed by atoms with Gasteiger partial charge in [0.05, 0.1) is 18.8 Å². The van der Waals surface area contributed by atoms with Crippen LogP contribution in [-0.2, 0) is 20.2 Å². The Kier molecular flexibility index (Phi) is 5.15. The molecule has 12 heteroatoms. The molecule has 0 aliphatic rings. The van der Waals surface area contributed by atoms with E-state index in [9.17, 15) is 25.9 Å². The van der Waals surface area contributed by atoms with E-state index in [4.69, 9.17) is 5.11 Å². The van der Waals surface area contributed by atoms with E-state index in [1.165, 1.54) is 18.2 Å². The van der Waals surface area contributed by atoms with E-state index in [-0.39, 0.29) is 29.6 Å². The van der Waals surface area contributed by atoms with Crippen molar-refractivity contribution in [1.29, 1.82) is 0 Å². The zero-order chi connectivity index (χ0) is 18.0. The van der Waals surface area contributed by atoms with Crippen LogP contribution in [0.25, 0.3) is 10.8 Å². The summed E-state index contributed by atoms with van der Waals surface area (Å²) >= 11 is 0. The highest BCUT2D eigenvalue weighted by atomic mass is 32.2. The minimum Gasteiger partial charge on any atom is -0.394 e. The van der Waals surface area contributed by atoms with Crippen molar-refractivity contribution < 1.29 is 31.0 Å². The molecule has 0 spiro atoms. The lowest BCUT2D eigenvalue weighted by Gasteiger charge is -2.11. The van der Waals surface area contributed by atoms with E-state index in [1.807, 2.05) is 0 Å².